The molecule has 0 radical (unpaired) electrons. The molecule has 2 rings (SSSR count). The van der Waals surface area contributed by atoms with E-state index in [2.05, 4.69) is 4.90 Å². The van der Waals surface area contributed by atoms with Crippen molar-refractivity contribution >= 4 is 5.78 Å². The smallest absolute Gasteiger partial charge is 0.179 e. The van der Waals surface area contributed by atoms with Gasteiger partial charge in [-0.2, -0.15) is 0 Å². The molecule has 0 spiro atoms. The molecule has 1 aliphatic heterocycles. The highest BCUT2D eigenvalue weighted by Gasteiger charge is 2.24. The molecule has 5 heteroatoms. The van der Waals surface area contributed by atoms with Crippen molar-refractivity contribution in [3.63, 3.8) is 0 Å². The second-order valence-electron chi connectivity index (χ2n) is 5.13. The van der Waals surface area contributed by atoms with Crippen LogP contribution in [-0.2, 0) is 0 Å². The highest BCUT2D eigenvalue weighted by molar-refractivity contribution is 5.97. The molecule has 3 nitrogen and oxygen atoms in total. The minimum atomic E-state index is -0.659. The summed E-state index contributed by atoms with van der Waals surface area (Å²) in [7, 11) is 2.03. The predicted molar refractivity (Wildman–Crippen MR) is 69.2 cm³/mol. The number of Topliss-reactive ketones (excluding diaryl/α,β-unsaturated/α-hetero) is 1. The number of likely N-dealkylation sites (N-methyl/N-ethyl adjacent to an activating group) is 1. The molecule has 1 saturated heterocycles. The lowest BCUT2D eigenvalue weighted by molar-refractivity contribution is 0.0744. The normalized spacial score (nSPS) is 21.6. The van der Waals surface area contributed by atoms with Crippen LogP contribution in [0.25, 0.3) is 0 Å². The maximum Gasteiger partial charge on any atom is 0.179 e. The summed E-state index contributed by atoms with van der Waals surface area (Å²) in [6, 6.07) is 3.22. The number of rotatable bonds is 3. The van der Waals surface area contributed by atoms with Crippen molar-refractivity contribution in [3.05, 3.63) is 35.4 Å². The first kappa shape index (κ1) is 14.1. The van der Waals surface area contributed by atoms with E-state index in [0.717, 1.165) is 37.8 Å². The summed E-state index contributed by atoms with van der Waals surface area (Å²) < 4.78 is 26.6. The number of halogens is 2. The molecule has 0 saturated carbocycles. The largest absolute Gasteiger partial charge is 0.304 e. The van der Waals surface area contributed by atoms with Crippen molar-refractivity contribution in [2.45, 2.75) is 13.0 Å². The van der Waals surface area contributed by atoms with Gasteiger partial charge in [-0.25, -0.2) is 8.78 Å². The lowest BCUT2D eigenvalue weighted by Crippen LogP contribution is -2.51. The van der Waals surface area contributed by atoms with Crippen LogP contribution in [0.5, 0.6) is 0 Å². The highest BCUT2D eigenvalue weighted by Crippen LogP contribution is 2.13. The Morgan fingerprint density at radius 2 is 2.11 bits per heavy atom. The van der Waals surface area contributed by atoms with Gasteiger partial charge in [-0.1, -0.05) is 0 Å². The molecule has 1 unspecified atom stereocenters. The minimum absolute atomic E-state index is 0.134. The van der Waals surface area contributed by atoms with E-state index in [1.807, 2.05) is 18.9 Å². The van der Waals surface area contributed by atoms with Gasteiger partial charge in [0.2, 0.25) is 0 Å². The Morgan fingerprint density at radius 3 is 2.79 bits per heavy atom. The molecule has 0 aromatic heterocycles. The Hall–Kier alpha value is -1.33. The molecule has 0 N–H and O–H groups in total. The zero-order chi connectivity index (χ0) is 14.0. The Balaban J connectivity index is 2.06. The van der Waals surface area contributed by atoms with E-state index < -0.39 is 11.6 Å². The summed E-state index contributed by atoms with van der Waals surface area (Å²) in [6.07, 6.45) is 0. The molecule has 1 aromatic carbocycles. The van der Waals surface area contributed by atoms with E-state index in [1.165, 1.54) is 0 Å². The van der Waals surface area contributed by atoms with Crippen LogP contribution in [-0.4, -0.2) is 54.9 Å². The molecule has 0 aliphatic carbocycles. The van der Waals surface area contributed by atoms with Crippen molar-refractivity contribution in [2.75, 3.05) is 33.2 Å². The zero-order valence-electron chi connectivity index (χ0n) is 11.2. The van der Waals surface area contributed by atoms with Gasteiger partial charge in [-0.05, 0) is 32.2 Å². The van der Waals surface area contributed by atoms with E-state index >= 15 is 0 Å². The Morgan fingerprint density at radius 1 is 1.37 bits per heavy atom. The fraction of sp³-hybridized carbons (Fsp3) is 0.500. The number of hydrogen-bond acceptors (Lipinski definition) is 3. The summed E-state index contributed by atoms with van der Waals surface area (Å²) in [5.41, 5.74) is -0.161. The number of piperazine rings is 1. The molecule has 19 heavy (non-hydrogen) atoms. The molecule has 1 fully saturated rings. The first-order valence-corrected chi connectivity index (χ1v) is 6.38. The third kappa shape index (κ3) is 3.36. The Labute approximate surface area is 111 Å². The van der Waals surface area contributed by atoms with Crippen LogP contribution in [0.4, 0.5) is 8.78 Å². The lowest BCUT2D eigenvalue weighted by Gasteiger charge is -2.37. The van der Waals surface area contributed by atoms with Crippen molar-refractivity contribution in [1.29, 1.82) is 0 Å². The van der Waals surface area contributed by atoms with Crippen LogP contribution >= 0.6 is 0 Å². The van der Waals surface area contributed by atoms with Crippen molar-refractivity contribution in [2.24, 2.45) is 0 Å². The Bertz CT molecular complexity index is 479. The summed E-state index contributed by atoms with van der Waals surface area (Å²) in [4.78, 5) is 16.2. The lowest BCUT2D eigenvalue weighted by atomic mass is 10.1. The third-order valence-electron chi connectivity index (χ3n) is 3.54. The average molecular weight is 268 g/mol. The van der Waals surface area contributed by atoms with Crippen LogP contribution in [0.1, 0.15) is 17.3 Å². The van der Waals surface area contributed by atoms with Gasteiger partial charge < -0.3 is 4.90 Å². The van der Waals surface area contributed by atoms with Crippen LogP contribution in [0.2, 0.25) is 0 Å². The van der Waals surface area contributed by atoms with Gasteiger partial charge in [0.25, 0.3) is 0 Å². The van der Waals surface area contributed by atoms with Crippen molar-refractivity contribution in [1.82, 2.24) is 9.80 Å². The second kappa shape index (κ2) is 5.75. The molecule has 0 amide bonds. The standard InChI is InChI=1S/C14H18F2N2O/c1-10-8-17(2)5-6-18(10)9-14(19)12-7-11(15)3-4-13(12)16/h3-4,7,10H,5-6,8-9H2,1-2H3. The zero-order valence-corrected chi connectivity index (χ0v) is 11.2. The van der Waals surface area contributed by atoms with Crippen LogP contribution in [0, 0.1) is 11.6 Å². The number of carbonyl (C=O) groups is 1. The van der Waals surface area contributed by atoms with Gasteiger partial charge in [-0.15, -0.1) is 0 Å². The minimum Gasteiger partial charge on any atom is -0.304 e. The number of hydrogen-bond donors (Lipinski definition) is 0. The molecule has 0 bridgehead atoms. The number of ketones is 1. The second-order valence-corrected chi connectivity index (χ2v) is 5.13. The van der Waals surface area contributed by atoms with Gasteiger partial charge in [0.1, 0.15) is 11.6 Å². The van der Waals surface area contributed by atoms with E-state index in [1.54, 1.807) is 0 Å². The monoisotopic (exact) mass is 268 g/mol. The first-order chi connectivity index (χ1) is 8.97. The molecule has 1 aliphatic rings. The average Bonchev–Trinajstić information content (AvgIpc) is 2.35. The quantitative estimate of drug-likeness (QED) is 0.781. The van der Waals surface area contributed by atoms with Gasteiger partial charge in [0.05, 0.1) is 12.1 Å². The number of carbonyl (C=O) groups excluding carboxylic acids is 1. The molecule has 1 heterocycles. The third-order valence-corrected chi connectivity index (χ3v) is 3.54. The van der Waals surface area contributed by atoms with Gasteiger partial charge in [0.15, 0.2) is 5.78 Å². The van der Waals surface area contributed by atoms with E-state index in [-0.39, 0.29) is 23.9 Å². The molecular formula is C14H18F2N2O. The van der Waals surface area contributed by atoms with Crippen LogP contribution in [0.3, 0.4) is 0 Å². The predicted octanol–water partition coefficient (Wildman–Crippen LogP) is 1.78. The highest BCUT2D eigenvalue weighted by atomic mass is 19.1. The molecule has 104 valence electrons. The van der Waals surface area contributed by atoms with Crippen LogP contribution in [0.15, 0.2) is 18.2 Å². The fourth-order valence-corrected chi connectivity index (χ4v) is 2.39. The first-order valence-electron chi connectivity index (χ1n) is 6.38. The number of nitrogens with zero attached hydrogens (tertiary/aromatic N) is 2. The Kier molecular flexibility index (Phi) is 4.27. The van der Waals surface area contributed by atoms with E-state index in [4.69, 9.17) is 0 Å². The van der Waals surface area contributed by atoms with Gasteiger partial charge >= 0.3 is 0 Å². The number of benzene rings is 1. The summed E-state index contributed by atoms with van der Waals surface area (Å²) in [5, 5.41) is 0. The topological polar surface area (TPSA) is 23.6 Å². The van der Waals surface area contributed by atoms with Crippen LogP contribution < -0.4 is 0 Å². The maximum atomic E-state index is 13.5. The maximum absolute atomic E-state index is 13.5. The molecule has 1 aromatic rings. The summed E-state index contributed by atoms with van der Waals surface area (Å²) in [6.45, 7) is 4.68. The van der Waals surface area contributed by atoms with E-state index in [0.29, 0.717) is 0 Å². The van der Waals surface area contributed by atoms with Gasteiger partial charge in [-0.3, -0.25) is 9.69 Å². The molecule has 1 atom stereocenters. The summed E-state index contributed by atoms with van der Waals surface area (Å²) in [5.74, 6) is -1.61. The summed E-state index contributed by atoms with van der Waals surface area (Å²) >= 11 is 0. The van der Waals surface area contributed by atoms with Crippen molar-refractivity contribution in [3.8, 4) is 0 Å². The fourth-order valence-electron chi connectivity index (χ4n) is 2.39. The SMILES string of the molecule is CC1CN(C)CCN1CC(=O)c1cc(F)ccc1F. The van der Waals surface area contributed by atoms with Crippen molar-refractivity contribution < 1.29 is 13.6 Å². The van der Waals surface area contributed by atoms with E-state index in [9.17, 15) is 13.6 Å². The molecular weight excluding hydrogens is 250 g/mol. The van der Waals surface area contributed by atoms with Gasteiger partial charge in [0, 0.05) is 25.7 Å².